The first-order chi connectivity index (χ1) is 9.27. The Balaban J connectivity index is 1.95. The van der Waals surface area contributed by atoms with Crippen molar-refractivity contribution >= 4 is 12.0 Å². The van der Waals surface area contributed by atoms with Crippen molar-refractivity contribution in [2.75, 3.05) is 19.8 Å². The molecule has 1 saturated heterocycles. The molecule has 102 valence electrons. The van der Waals surface area contributed by atoms with Gasteiger partial charge in [0, 0.05) is 19.0 Å². The van der Waals surface area contributed by atoms with Gasteiger partial charge >= 0.3 is 0 Å². The van der Waals surface area contributed by atoms with Crippen molar-refractivity contribution in [3.8, 4) is 0 Å². The molecule has 0 aromatic heterocycles. The van der Waals surface area contributed by atoms with Gasteiger partial charge in [0.25, 0.3) is 0 Å². The summed E-state index contributed by atoms with van der Waals surface area (Å²) in [6, 6.07) is 8.03. The normalized spacial score (nSPS) is 16.1. The molecule has 0 radical (unpaired) electrons. The minimum Gasteiger partial charge on any atom is -0.356 e. The zero-order valence-corrected chi connectivity index (χ0v) is 11.1. The number of ether oxygens (including phenoxy) is 2. The van der Waals surface area contributed by atoms with Crippen molar-refractivity contribution < 1.29 is 14.3 Å². The molecule has 1 heterocycles. The highest BCUT2D eigenvalue weighted by atomic mass is 16.7. The van der Waals surface area contributed by atoms with E-state index in [-0.39, 0.29) is 12.2 Å². The fraction of sp³-hybridized carbons (Fsp3) is 0.400. The molecule has 1 aliphatic rings. The average molecular weight is 261 g/mol. The largest absolute Gasteiger partial charge is 0.356 e. The second-order valence-corrected chi connectivity index (χ2v) is 4.38. The van der Waals surface area contributed by atoms with E-state index in [0.717, 1.165) is 17.5 Å². The van der Waals surface area contributed by atoms with E-state index in [1.54, 1.807) is 0 Å². The van der Waals surface area contributed by atoms with Gasteiger partial charge in [-0.05, 0) is 12.0 Å². The molecule has 4 heteroatoms. The molecule has 1 N–H and O–H groups in total. The van der Waals surface area contributed by atoms with E-state index in [4.69, 9.17) is 9.47 Å². The Bertz CT molecular complexity index is 450. The van der Waals surface area contributed by atoms with E-state index in [1.807, 2.05) is 36.4 Å². The quantitative estimate of drug-likeness (QED) is 0.827. The lowest BCUT2D eigenvalue weighted by atomic mass is 10.1. The standard InChI is InChI=1S/C15H19NO3/c1-12(17)16-9-5-4-7-13-6-2-3-8-14(13)15-18-10-11-19-15/h2-4,6-8,15H,5,9-11H2,1H3,(H,16,17). The molecule has 2 rings (SSSR count). The fourth-order valence-electron chi connectivity index (χ4n) is 1.96. The molecule has 1 amide bonds. The van der Waals surface area contributed by atoms with Gasteiger partial charge in [-0.3, -0.25) is 4.79 Å². The van der Waals surface area contributed by atoms with Crippen molar-refractivity contribution in [3.05, 3.63) is 41.5 Å². The molecule has 0 bridgehead atoms. The van der Waals surface area contributed by atoms with Gasteiger partial charge in [-0.1, -0.05) is 36.4 Å². The number of benzene rings is 1. The van der Waals surface area contributed by atoms with Crippen molar-refractivity contribution in [3.63, 3.8) is 0 Å². The fourth-order valence-corrected chi connectivity index (χ4v) is 1.96. The lowest BCUT2D eigenvalue weighted by Crippen LogP contribution is -2.20. The van der Waals surface area contributed by atoms with Crippen LogP contribution in [0, 0.1) is 0 Å². The molecule has 1 aliphatic heterocycles. The lowest BCUT2D eigenvalue weighted by molar-refractivity contribution is -0.118. The summed E-state index contributed by atoms with van der Waals surface area (Å²) in [4.78, 5) is 10.7. The first kappa shape index (κ1) is 13.8. The number of carbonyl (C=O) groups is 1. The Hall–Kier alpha value is -1.65. The van der Waals surface area contributed by atoms with Crippen LogP contribution in [0.15, 0.2) is 30.3 Å². The Labute approximate surface area is 113 Å². The summed E-state index contributed by atoms with van der Waals surface area (Å²) in [6.07, 6.45) is 4.64. The van der Waals surface area contributed by atoms with Gasteiger partial charge in [0.1, 0.15) is 0 Å². The number of nitrogens with one attached hydrogen (secondary N) is 1. The number of carbonyl (C=O) groups excluding carboxylic acids is 1. The third-order valence-electron chi connectivity index (χ3n) is 2.85. The molecule has 0 unspecified atom stereocenters. The van der Waals surface area contributed by atoms with Gasteiger partial charge in [-0.15, -0.1) is 0 Å². The number of rotatable bonds is 5. The second kappa shape index (κ2) is 7.07. The van der Waals surface area contributed by atoms with Crippen LogP contribution in [-0.2, 0) is 14.3 Å². The molecule has 4 nitrogen and oxygen atoms in total. The SMILES string of the molecule is CC(=O)NCCC=Cc1ccccc1C1OCCO1. The molecule has 0 atom stereocenters. The zero-order chi connectivity index (χ0) is 13.5. The van der Waals surface area contributed by atoms with Crippen LogP contribution in [0.5, 0.6) is 0 Å². The summed E-state index contributed by atoms with van der Waals surface area (Å²) in [6.45, 7) is 3.47. The van der Waals surface area contributed by atoms with Gasteiger partial charge in [-0.2, -0.15) is 0 Å². The number of hydrogen-bond donors (Lipinski definition) is 1. The summed E-state index contributed by atoms with van der Waals surface area (Å²) in [5, 5.41) is 2.76. The summed E-state index contributed by atoms with van der Waals surface area (Å²) >= 11 is 0. The lowest BCUT2D eigenvalue weighted by Gasteiger charge is -2.12. The second-order valence-electron chi connectivity index (χ2n) is 4.38. The predicted molar refractivity (Wildman–Crippen MR) is 73.4 cm³/mol. The topological polar surface area (TPSA) is 47.6 Å². The summed E-state index contributed by atoms with van der Waals surface area (Å²) < 4.78 is 11.1. The highest BCUT2D eigenvalue weighted by molar-refractivity contribution is 5.72. The van der Waals surface area contributed by atoms with Crippen LogP contribution in [0.1, 0.15) is 30.8 Å². The van der Waals surface area contributed by atoms with Gasteiger partial charge < -0.3 is 14.8 Å². The average Bonchev–Trinajstić information content (AvgIpc) is 2.92. The first-order valence-corrected chi connectivity index (χ1v) is 6.50. The Morgan fingerprint density at radius 1 is 1.37 bits per heavy atom. The maximum Gasteiger partial charge on any atom is 0.216 e. The summed E-state index contributed by atoms with van der Waals surface area (Å²) in [7, 11) is 0. The molecular formula is C15H19NO3. The predicted octanol–water partition coefficient (Wildman–Crippen LogP) is 2.27. The van der Waals surface area contributed by atoms with E-state index in [9.17, 15) is 4.79 Å². The maximum absolute atomic E-state index is 10.7. The van der Waals surface area contributed by atoms with Crippen LogP contribution in [0.3, 0.4) is 0 Å². The van der Waals surface area contributed by atoms with Crippen molar-refractivity contribution in [1.82, 2.24) is 5.32 Å². The monoisotopic (exact) mass is 261 g/mol. The molecule has 0 aliphatic carbocycles. The highest BCUT2D eigenvalue weighted by Gasteiger charge is 2.19. The minimum absolute atomic E-state index is 0.00144. The number of amides is 1. The van der Waals surface area contributed by atoms with Crippen molar-refractivity contribution in [2.24, 2.45) is 0 Å². The molecule has 0 saturated carbocycles. The van der Waals surface area contributed by atoms with Gasteiger partial charge in [-0.25, -0.2) is 0 Å². The Morgan fingerprint density at radius 3 is 2.84 bits per heavy atom. The zero-order valence-electron chi connectivity index (χ0n) is 11.1. The highest BCUT2D eigenvalue weighted by Crippen LogP contribution is 2.26. The molecule has 1 fully saturated rings. The van der Waals surface area contributed by atoms with Crippen LogP contribution in [0.25, 0.3) is 6.08 Å². The van der Waals surface area contributed by atoms with Crippen LogP contribution >= 0.6 is 0 Å². The number of hydrogen-bond acceptors (Lipinski definition) is 3. The molecule has 1 aromatic carbocycles. The van der Waals surface area contributed by atoms with Crippen molar-refractivity contribution in [2.45, 2.75) is 19.6 Å². The van der Waals surface area contributed by atoms with E-state index in [1.165, 1.54) is 6.92 Å². The minimum atomic E-state index is -0.254. The summed E-state index contributed by atoms with van der Waals surface area (Å²) in [5.41, 5.74) is 2.15. The maximum atomic E-state index is 10.7. The van der Waals surface area contributed by atoms with Gasteiger partial charge in [0.15, 0.2) is 6.29 Å². The Morgan fingerprint density at radius 2 is 2.11 bits per heavy atom. The molecule has 19 heavy (non-hydrogen) atoms. The van der Waals surface area contributed by atoms with Crippen LogP contribution in [-0.4, -0.2) is 25.7 Å². The third-order valence-corrected chi connectivity index (χ3v) is 2.85. The van der Waals surface area contributed by atoms with Crippen LogP contribution < -0.4 is 5.32 Å². The van der Waals surface area contributed by atoms with Gasteiger partial charge in [0.05, 0.1) is 13.2 Å². The first-order valence-electron chi connectivity index (χ1n) is 6.50. The van der Waals surface area contributed by atoms with E-state index in [2.05, 4.69) is 5.32 Å². The summed E-state index contributed by atoms with van der Waals surface area (Å²) in [5.74, 6) is 0.00144. The van der Waals surface area contributed by atoms with E-state index >= 15 is 0 Å². The van der Waals surface area contributed by atoms with Crippen LogP contribution in [0.4, 0.5) is 0 Å². The van der Waals surface area contributed by atoms with Gasteiger partial charge in [0.2, 0.25) is 5.91 Å². The molecule has 0 spiro atoms. The van der Waals surface area contributed by atoms with E-state index < -0.39 is 0 Å². The van der Waals surface area contributed by atoms with E-state index in [0.29, 0.717) is 19.8 Å². The third kappa shape index (κ3) is 4.19. The van der Waals surface area contributed by atoms with Crippen molar-refractivity contribution in [1.29, 1.82) is 0 Å². The smallest absolute Gasteiger partial charge is 0.216 e. The Kier molecular flexibility index (Phi) is 5.12. The van der Waals surface area contributed by atoms with Crippen LogP contribution in [0.2, 0.25) is 0 Å². The molecule has 1 aromatic rings. The molecular weight excluding hydrogens is 242 g/mol.